The van der Waals surface area contributed by atoms with Gasteiger partial charge in [-0.25, -0.2) is 0 Å². The number of ether oxygens (including phenoxy) is 1. The SMILES string of the molecule is CC12CCC(C(=O)N(CCC(=O)Nc3nnc(C4CCCO4)s3)C1=O)C2(C)C. The van der Waals surface area contributed by atoms with Gasteiger partial charge >= 0.3 is 0 Å². The number of nitrogens with one attached hydrogen (secondary N) is 1. The lowest BCUT2D eigenvalue weighted by atomic mass is 9.62. The van der Waals surface area contributed by atoms with Crippen molar-refractivity contribution in [3.63, 3.8) is 0 Å². The summed E-state index contributed by atoms with van der Waals surface area (Å²) in [5, 5.41) is 12.0. The molecule has 3 aliphatic rings. The number of carbonyl (C=O) groups is 3. The van der Waals surface area contributed by atoms with Crippen LogP contribution >= 0.6 is 11.3 Å². The summed E-state index contributed by atoms with van der Waals surface area (Å²) in [6.07, 6.45) is 3.38. The van der Waals surface area contributed by atoms with Crippen molar-refractivity contribution in [1.82, 2.24) is 15.1 Å². The summed E-state index contributed by atoms with van der Waals surface area (Å²) >= 11 is 1.30. The highest BCUT2D eigenvalue weighted by Crippen LogP contribution is 2.60. The van der Waals surface area contributed by atoms with Gasteiger partial charge in [0, 0.05) is 25.5 Å². The lowest BCUT2D eigenvalue weighted by Gasteiger charge is -2.47. The lowest BCUT2D eigenvalue weighted by molar-refractivity contribution is -0.167. The summed E-state index contributed by atoms with van der Waals surface area (Å²) in [6.45, 7) is 6.78. The number of carbonyl (C=O) groups excluding carboxylic acids is 3. The molecule has 2 bridgehead atoms. The van der Waals surface area contributed by atoms with E-state index in [2.05, 4.69) is 15.5 Å². The van der Waals surface area contributed by atoms with E-state index < -0.39 is 5.41 Å². The Balaban J connectivity index is 1.36. The van der Waals surface area contributed by atoms with Gasteiger partial charge < -0.3 is 10.1 Å². The fourth-order valence-corrected chi connectivity index (χ4v) is 5.54. The Morgan fingerprint density at radius 3 is 2.79 bits per heavy atom. The Kier molecular flexibility index (Phi) is 4.78. The van der Waals surface area contributed by atoms with Gasteiger partial charge in [0.2, 0.25) is 22.9 Å². The van der Waals surface area contributed by atoms with Crippen LogP contribution in [0.2, 0.25) is 0 Å². The summed E-state index contributed by atoms with van der Waals surface area (Å²) in [6, 6.07) is 0. The monoisotopic (exact) mass is 406 g/mol. The zero-order chi connectivity index (χ0) is 20.1. The van der Waals surface area contributed by atoms with Crippen LogP contribution in [0.3, 0.4) is 0 Å². The van der Waals surface area contributed by atoms with E-state index in [1.807, 2.05) is 20.8 Å². The molecule has 4 rings (SSSR count). The zero-order valence-electron chi connectivity index (χ0n) is 16.5. The Hall–Kier alpha value is -1.87. The molecule has 0 radical (unpaired) electrons. The maximum absolute atomic E-state index is 13.0. The first-order valence-electron chi connectivity index (χ1n) is 9.85. The number of aromatic nitrogens is 2. The highest BCUT2D eigenvalue weighted by atomic mass is 32.1. The molecule has 1 aromatic heterocycles. The van der Waals surface area contributed by atoms with Crippen LogP contribution in [-0.4, -0.2) is 46.0 Å². The molecule has 0 spiro atoms. The Labute approximate surface area is 168 Å². The molecule has 1 saturated carbocycles. The average molecular weight is 407 g/mol. The van der Waals surface area contributed by atoms with Gasteiger partial charge in [-0.1, -0.05) is 32.1 Å². The minimum atomic E-state index is -0.544. The standard InChI is InChI=1S/C19H26N4O4S/c1-18(2)11-6-8-19(18,3)16(26)23(15(11)25)9-7-13(24)20-17-22-21-14(28-17)12-5-4-10-27-12/h11-12H,4-10H2,1-3H3,(H,20,22,24). The molecule has 1 aliphatic carbocycles. The van der Waals surface area contributed by atoms with Crippen LogP contribution in [0.5, 0.6) is 0 Å². The maximum Gasteiger partial charge on any atom is 0.235 e. The highest BCUT2D eigenvalue weighted by molar-refractivity contribution is 7.15. The van der Waals surface area contributed by atoms with E-state index in [1.165, 1.54) is 16.2 Å². The molecule has 8 nitrogen and oxygen atoms in total. The molecule has 3 atom stereocenters. The Morgan fingerprint density at radius 1 is 1.29 bits per heavy atom. The van der Waals surface area contributed by atoms with Gasteiger partial charge in [0.05, 0.1) is 5.41 Å². The number of anilines is 1. The first kappa shape index (κ1) is 19.4. The minimum Gasteiger partial charge on any atom is -0.371 e. The molecule has 2 saturated heterocycles. The van der Waals surface area contributed by atoms with Gasteiger partial charge in [0.15, 0.2) is 0 Å². The number of amides is 3. The van der Waals surface area contributed by atoms with Gasteiger partial charge in [0.1, 0.15) is 11.1 Å². The topological polar surface area (TPSA) is 101 Å². The van der Waals surface area contributed by atoms with E-state index in [9.17, 15) is 14.4 Å². The third-order valence-corrected chi connectivity index (χ3v) is 7.89. The molecular weight excluding hydrogens is 380 g/mol. The summed E-state index contributed by atoms with van der Waals surface area (Å²) in [7, 11) is 0. The van der Waals surface area contributed by atoms with Crippen molar-refractivity contribution >= 4 is 34.2 Å². The molecule has 3 fully saturated rings. The van der Waals surface area contributed by atoms with Crippen molar-refractivity contribution in [2.75, 3.05) is 18.5 Å². The molecular formula is C19H26N4O4S. The predicted molar refractivity (Wildman–Crippen MR) is 102 cm³/mol. The molecule has 0 aromatic carbocycles. The van der Waals surface area contributed by atoms with Crippen LogP contribution in [-0.2, 0) is 19.1 Å². The number of likely N-dealkylation sites (tertiary alicyclic amines) is 1. The molecule has 2 aliphatic heterocycles. The lowest BCUT2D eigenvalue weighted by Crippen LogP contribution is -2.59. The van der Waals surface area contributed by atoms with E-state index in [4.69, 9.17) is 4.74 Å². The van der Waals surface area contributed by atoms with Crippen molar-refractivity contribution in [3.05, 3.63) is 5.01 Å². The number of piperidine rings is 1. The van der Waals surface area contributed by atoms with E-state index in [1.54, 1.807) is 0 Å². The number of rotatable bonds is 5. The first-order chi connectivity index (χ1) is 13.2. The van der Waals surface area contributed by atoms with Crippen molar-refractivity contribution in [2.24, 2.45) is 16.7 Å². The van der Waals surface area contributed by atoms with Crippen LogP contribution in [0.15, 0.2) is 0 Å². The third-order valence-electron chi connectivity index (χ3n) is 6.96. The number of imide groups is 1. The van der Waals surface area contributed by atoms with Gasteiger partial charge in [-0.3, -0.25) is 19.3 Å². The fraction of sp³-hybridized carbons (Fsp3) is 0.737. The Bertz CT molecular complexity index is 817. The second-order valence-corrected chi connectivity index (χ2v) is 9.69. The number of hydrogen-bond donors (Lipinski definition) is 1. The normalized spacial score (nSPS) is 31.5. The number of fused-ring (bicyclic) bond motifs is 2. The highest BCUT2D eigenvalue weighted by Gasteiger charge is 2.64. The zero-order valence-corrected chi connectivity index (χ0v) is 17.3. The van der Waals surface area contributed by atoms with E-state index >= 15 is 0 Å². The molecule has 3 heterocycles. The second kappa shape index (κ2) is 6.88. The van der Waals surface area contributed by atoms with Crippen molar-refractivity contribution < 1.29 is 19.1 Å². The third kappa shape index (κ3) is 2.95. The molecule has 3 unspecified atom stereocenters. The predicted octanol–water partition coefficient (Wildman–Crippen LogP) is 2.53. The van der Waals surface area contributed by atoms with E-state index in [-0.39, 0.29) is 48.1 Å². The van der Waals surface area contributed by atoms with E-state index in [0.717, 1.165) is 30.9 Å². The molecule has 9 heteroatoms. The molecule has 1 aromatic rings. The van der Waals surface area contributed by atoms with Crippen LogP contribution in [0, 0.1) is 16.7 Å². The van der Waals surface area contributed by atoms with E-state index in [0.29, 0.717) is 11.6 Å². The summed E-state index contributed by atoms with van der Waals surface area (Å²) in [5.74, 6) is -0.733. The Morgan fingerprint density at radius 2 is 2.07 bits per heavy atom. The largest absolute Gasteiger partial charge is 0.371 e. The molecule has 152 valence electrons. The van der Waals surface area contributed by atoms with Gasteiger partial charge in [-0.15, -0.1) is 10.2 Å². The van der Waals surface area contributed by atoms with Gasteiger partial charge in [-0.05, 0) is 31.1 Å². The summed E-state index contributed by atoms with van der Waals surface area (Å²) < 4.78 is 5.57. The van der Waals surface area contributed by atoms with Crippen LogP contribution < -0.4 is 5.32 Å². The number of nitrogens with zero attached hydrogens (tertiary/aromatic N) is 3. The molecule has 1 N–H and O–H groups in total. The number of hydrogen-bond acceptors (Lipinski definition) is 7. The fourth-order valence-electron chi connectivity index (χ4n) is 4.70. The average Bonchev–Trinajstić information content (AvgIpc) is 3.34. The summed E-state index contributed by atoms with van der Waals surface area (Å²) in [4.78, 5) is 39.4. The van der Waals surface area contributed by atoms with Crippen LogP contribution in [0.25, 0.3) is 0 Å². The van der Waals surface area contributed by atoms with Crippen molar-refractivity contribution in [2.45, 2.75) is 59.0 Å². The second-order valence-electron chi connectivity index (χ2n) is 8.69. The molecule has 3 amide bonds. The van der Waals surface area contributed by atoms with Gasteiger partial charge in [-0.2, -0.15) is 0 Å². The quantitative estimate of drug-likeness (QED) is 0.754. The van der Waals surface area contributed by atoms with Gasteiger partial charge in [0.25, 0.3) is 0 Å². The smallest absolute Gasteiger partial charge is 0.235 e. The molecule has 28 heavy (non-hydrogen) atoms. The van der Waals surface area contributed by atoms with Crippen LogP contribution in [0.4, 0.5) is 5.13 Å². The first-order valence-corrected chi connectivity index (χ1v) is 10.7. The van der Waals surface area contributed by atoms with Crippen LogP contribution in [0.1, 0.15) is 64.0 Å². The maximum atomic E-state index is 13.0. The van der Waals surface area contributed by atoms with Crippen molar-refractivity contribution in [3.8, 4) is 0 Å². The minimum absolute atomic E-state index is 0.0358. The van der Waals surface area contributed by atoms with Crippen molar-refractivity contribution in [1.29, 1.82) is 0 Å². The summed E-state index contributed by atoms with van der Waals surface area (Å²) in [5.41, 5.74) is -0.886.